The van der Waals surface area contributed by atoms with Crippen molar-refractivity contribution in [2.75, 3.05) is 25.1 Å². The van der Waals surface area contributed by atoms with Crippen LogP contribution in [0.4, 0.5) is 11.5 Å². The molecule has 0 saturated carbocycles. The highest BCUT2D eigenvalue weighted by Gasteiger charge is 2.20. The van der Waals surface area contributed by atoms with Crippen molar-refractivity contribution in [1.82, 2.24) is 24.0 Å². The Morgan fingerprint density at radius 3 is 2.37 bits per heavy atom. The summed E-state index contributed by atoms with van der Waals surface area (Å²) >= 11 is 0. The second kappa shape index (κ2) is 9.66. The molecule has 0 unspecified atom stereocenters. The zero-order valence-electron chi connectivity index (χ0n) is 21.0. The van der Waals surface area contributed by atoms with E-state index in [2.05, 4.69) is 15.3 Å². The van der Waals surface area contributed by atoms with Crippen molar-refractivity contribution in [3.05, 3.63) is 101 Å². The number of hydrogen-bond acceptors (Lipinski definition) is 6. The molecule has 3 aromatic heterocycles. The van der Waals surface area contributed by atoms with Crippen LogP contribution in [-0.2, 0) is 7.05 Å². The molecule has 0 fully saturated rings. The summed E-state index contributed by atoms with van der Waals surface area (Å²) < 4.78 is 3.18. The molecule has 2 amide bonds. The molecule has 0 radical (unpaired) electrons. The van der Waals surface area contributed by atoms with Crippen molar-refractivity contribution in [1.29, 1.82) is 0 Å². The van der Waals surface area contributed by atoms with Gasteiger partial charge in [-0.2, -0.15) is 0 Å². The normalized spacial score (nSPS) is 10.9. The third-order valence-electron chi connectivity index (χ3n) is 6.19. The molecule has 38 heavy (non-hydrogen) atoms. The standard InChI is InChI=1S/C28H25N7O3/c1-33(2)27(37)18-13-21(28(38)35(14-18)20-7-5-4-6-8-20)26(36)32-19-11-9-17(10-12-19)22-15-34(3)25-23(22)24(29)30-16-31-25/h4-16H,1-3H3,(H,32,36)(H2,29,30,31). The highest BCUT2D eigenvalue weighted by atomic mass is 16.2. The van der Waals surface area contributed by atoms with Gasteiger partial charge in [-0.05, 0) is 35.9 Å². The minimum atomic E-state index is -0.622. The van der Waals surface area contributed by atoms with Gasteiger partial charge in [-0.15, -0.1) is 0 Å². The van der Waals surface area contributed by atoms with Crippen LogP contribution in [0.25, 0.3) is 27.8 Å². The van der Waals surface area contributed by atoms with E-state index in [1.807, 2.05) is 36.0 Å². The Hall–Kier alpha value is -5.25. The SMILES string of the molecule is CN(C)C(=O)c1cc(C(=O)Nc2ccc(-c3cn(C)c4ncnc(N)c34)cc2)c(=O)n(-c2ccccc2)c1. The van der Waals surface area contributed by atoms with Crippen LogP contribution in [0.5, 0.6) is 0 Å². The van der Waals surface area contributed by atoms with Crippen LogP contribution in [0.1, 0.15) is 20.7 Å². The molecule has 0 saturated heterocycles. The van der Waals surface area contributed by atoms with E-state index in [9.17, 15) is 14.4 Å². The Morgan fingerprint density at radius 1 is 0.974 bits per heavy atom. The van der Waals surface area contributed by atoms with E-state index in [1.165, 1.54) is 28.1 Å². The van der Waals surface area contributed by atoms with Gasteiger partial charge >= 0.3 is 0 Å². The quantitative estimate of drug-likeness (QED) is 0.376. The smallest absolute Gasteiger partial charge is 0.267 e. The van der Waals surface area contributed by atoms with Gasteiger partial charge < -0.3 is 20.5 Å². The van der Waals surface area contributed by atoms with Gasteiger partial charge in [0.25, 0.3) is 17.4 Å². The van der Waals surface area contributed by atoms with Crippen LogP contribution in [0.3, 0.4) is 0 Å². The third kappa shape index (κ3) is 4.39. The maximum Gasteiger partial charge on any atom is 0.267 e. The van der Waals surface area contributed by atoms with Crippen LogP contribution >= 0.6 is 0 Å². The molecule has 2 aromatic carbocycles. The van der Waals surface area contributed by atoms with Crippen molar-refractivity contribution in [3.8, 4) is 16.8 Å². The molecule has 10 heteroatoms. The summed E-state index contributed by atoms with van der Waals surface area (Å²) in [7, 11) is 5.10. The second-order valence-corrected chi connectivity index (χ2v) is 9.00. The number of aromatic nitrogens is 4. The first kappa shape index (κ1) is 24.4. The van der Waals surface area contributed by atoms with Gasteiger partial charge in [0, 0.05) is 50.5 Å². The molecule has 0 atom stereocenters. The number of nitrogens with zero attached hydrogens (tertiary/aromatic N) is 5. The number of fused-ring (bicyclic) bond motifs is 1. The third-order valence-corrected chi connectivity index (χ3v) is 6.19. The summed E-state index contributed by atoms with van der Waals surface area (Å²) in [5.41, 5.74) is 9.11. The van der Waals surface area contributed by atoms with Gasteiger partial charge in [0.15, 0.2) is 0 Å². The fourth-order valence-corrected chi connectivity index (χ4v) is 4.29. The van der Waals surface area contributed by atoms with E-state index in [4.69, 9.17) is 5.73 Å². The number of rotatable bonds is 5. The van der Waals surface area contributed by atoms with Crippen LogP contribution in [0.15, 0.2) is 84.2 Å². The van der Waals surface area contributed by atoms with Crippen LogP contribution in [0.2, 0.25) is 0 Å². The summed E-state index contributed by atoms with van der Waals surface area (Å²) in [6, 6.07) is 17.3. The number of carbonyl (C=O) groups excluding carboxylic acids is 2. The summed E-state index contributed by atoms with van der Waals surface area (Å²) in [6.45, 7) is 0. The van der Waals surface area contributed by atoms with Crippen LogP contribution in [-0.4, -0.2) is 49.9 Å². The van der Waals surface area contributed by atoms with Crippen molar-refractivity contribution in [2.45, 2.75) is 0 Å². The number of benzene rings is 2. The Labute approximate surface area is 218 Å². The minimum Gasteiger partial charge on any atom is -0.383 e. The minimum absolute atomic E-state index is 0.149. The second-order valence-electron chi connectivity index (χ2n) is 9.00. The number of anilines is 2. The van der Waals surface area contributed by atoms with E-state index in [0.29, 0.717) is 22.8 Å². The molecule has 0 aliphatic rings. The average molecular weight is 508 g/mol. The summed E-state index contributed by atoms with van der Waals surface area (Å²) in [5.74, 6) is -0.570. The van der Waals surface area contributed by atoms with E-state index in [-0.39, 0.29) is 17.0 Å². The van der Waals surface area contributed by atoms with Gasteiger partial charge in [-0.3, -0.25) is 19.0 Å². The summed E-state index contributed by atoms with van der Waals surface area (Å²) in [6.07, 6.45) is 4.79. The molecular formula is C28H25N7O3. The fourth-order valence-electron chi connectivity index (χ4n) is 4.29. The van der Waals surface area contributed by atoms with Gasteiger partial charge in [-0.1, -0.05) is 30.3 Å². The Kier molecular flexibility index (Phi) is 6.21. The Morgan fingerprint density at radius 2 is 1.68 bits per heavy atom. The predicted octanol–water partition coefficient (Wildman–Crippen LogP) is 3.32. The first-order valence-corrected chi connectivity index (χ1v) is 11.8. The number of amides is 2. The lowest BCUT2D eigenvalue weighted by molar-refractivity contribution is 0.0827. The van der Waals surface area contributed by atoms with Gasteiger partial charge in [0.2, 0.25) is 0 Å². The lowest BCUT2D eigenvalue weighted by Gasteiger charge is -2.15. The maximum absolute atomic E-state index is 13.3. The average Bonchev–Trinajstić information content (AvgIpc) is 3.26. The number of pyridine rings is 1. The summed E-state index contributed by atoms with van der Waals surface area (Å²) in [4.78, 5) is 49.1. The fraction of sp³-hybridized carbons (Fsp3) is 0.107. The molecule has 10 nitrogen and oxygen atoms in total. The first-order chi connectivity index (χ1) is 18.2. The maximum atomic E-state index is 13.3. The number of hydrogen-bond donors (Lipinski definition) is 2. The molecule has 5 aromatic rings. The molecule has 0 aliphatic heterocycles. The molecule has 0 spiro atoms. The monoisotopic (exact) mass is 507 g/mol. The van der Waals surface area contributed by atoms with Crippen molar-refractivity contribution in [2.24, 2.45) is 7.05 Å². The van der Waals surface area contributed by atoms with E-state index in [1.54, 1.807) is 50.5 Å². The highest BCUT2D eigenvalue weighted by molar-refractivity contribution is 6.06. The Balaban J connectivity index is 1.49. The van der Waals surface area contributed by atoms with Crippen LogP contribution < -0.4 is 16.6 Å². The topological polar surface area (TPSA) is 128 Å². The predicted molar refractivity (Wildman–Crippen MR) is 146 cm³/mol. The van der Waals surface area contributed by atoms with E-state index >= 15 is 0 Å². The first-order valence-electron chi connectivity index (χ1n) is 11.8. The number of para-hydroxylation sites is 1. The lowest BCUT2D eigenvalue weighted by Crippen LogP contribution is -2.31. The van der Waals surface area contributed by atoms with Gasteiger partial charge in [0.05, 0.1) is 10.9 Å². The van der Waals surface area contributed by atoms with Crippen molar-refractivity contribution >= 4 is 34.4 Å². The zero-order valence-corrected chi connectivity index (χ0v) is 21.0. The number of nitrogens with one attached hydrogen (secondary N) is 1. The zero-order chi connectivity index (χ0) is 27.0. The van der Waals surface area contributed by atoms with Crippen molar-refractivity contribution in [3.63, 3.8) is 0 Å². The molecular weight excluding hydrogens is 482 g/mol. The van der Waals surface area contributed by atoms with E-state index < -0.39 is 11.5 Å². The van der Waals surface area contributed by atoms with E-state index in [0.717, 1.165) is 16.5 Å². The molecule has 5 rings (SSSR count). The Bertz CT molecular complexity index is 1740. The van der Waals surface area contributed by atoms with Gasteiger partial charge in [0.1, 0.15) is 23.4 Å². The van der Waals surface area contributed by atoms with Crippen LogP contribution in [0, 0.1) is 0 Å². The van der Waals surface area contributed by atoms with Crippen molar-refractivity contribution < 1.29 is 9.59 Å². The molecule has 190 valence electrons. The number of carbonyl (C=O) groups is 2. The number of aryl methyl sites for hydroxylation is 1. The molecule has 3 N–H and O–H groups in total. The molecule has 0 bridgehead atoms. The molecule has 0 aliphatic carbocycles. The lowest BCUT2D eigenvalue weighted by atomic mass is 10.1. The number of nitrogen functional groups attached to an aromatic ring is 1. The largest absolute Gasteiger partial charge is 0.383 e. The molecule has 3 heterocycles. The highest BCUT2D eigenvalue weighted by Crippen LogP contribution is 2.32. The summed E-state index contributed by atoms with van der Waals surface area (Å²) in [5, 5.41) is 3.52. The van der Waals surface area contributed by atoms with Gasteiger partial charge in [-0.25, -0.2) is 9.97 Å². The number of nitrogens with two attached hydrogens (primary N) is 1.